The standard InChI is InChI=1S/C24H39NO7/c1-5-25-10-21(11-30-2)7-6-14(26)24-19(21)17(32-4)15(20(24)25)22(28)9-13(31-3)12-8-23(24,29)18(22)16(12)27/h12-20,26-29H,5-11H2,1-4H3/t12-,13+,14+,15+,16+,17+,18-,19-,20-,21+,22+,23+,24+/m1/s1. The van der Waals surface area contributed by atoms with Gasteiger partial charge in [0.1, 0.15) is 0 Å². The second-order valence-corrected chi connectivity index (χ2v) is 11.7. The van der Waals surface area contributed by atoms with Crippen molar-refractivity contribution in [1.82, 2.24) is 4.90 Å². The Kier molecular flexibility index (Phi) is 4.62. The molecule has 5 aliphatic carbocycles. The highest BCUT2D eigenvalue weighted by atomic mass is 16.5. The molecule has 0 unspecified atom stereocenters. The van der Waals surface area contributed by atoms with E-state index >= 15 is 0 Å². The minimum absolute atomic E-state index is 0.159. The van der Waals surface area contributed by atoms with Crippen LogP contribution in [0, 0.1) is 34.5 Å². The van der Waals surface area contributed by atoms with Crippen molar-refractivity contribution in [2.24, 2.45) is 34.5 Å². The van der Waals surface area contributed by atoms with E-state index in [9.17, 15) is 20.4 Å². The van der Waals surface area contributed by atoms with Crippen LogP contribution in [0.1, 0.15) is 32.6 Å². The van der Waals surface area contributed by atoms with Crippen molar-refractivity contribution in [2.45, 2.75) is 74.3 Å². The average Bonchev–Trinajstić information content (AvgIpc) is 3.15. The molecule has 8 heteroatoms. The van der Waals surface area contributed by atoms with E-state index in [1.54, 1.807) is 21.3 Å². The molecule has 1 heterocycles. The fraction of sp³-hybridized carbons (Fsp3) is 1.00. The van der Waals surface area contributed by atoms with Gasteiger partial charge in [0.05, 0.1) is 42.2 Å². The molecule has 6 fully saturated rings. The zero-order valence-corrected chi connectivity index (χ0v) is 19.6. The third kappa shape index (κ3) is 2.03. The van der Waals surface area contributed by atoms with Crippen LogP contribution in [0.5, 0.6) is 0 Å². The van der Waals surface area contributed by atoms with Crippen LogP contribution < -0.4 is 0 Å². The summed E-state index contributed by atoms with van der Waals surface area (Å²) in [4.78, 5) is 2.37. The summed E-state index contributed by atoms with van der Waals surface area (Å²) in [6.07, 6.45) is -0.229. The topological polar surface area (TPSA) is 112 Å². The highest BCUT2D eigenvalue weighted by Crippen LogP contribution is 2.80. The minimum atomic E-state index is -1.41. The highest BCUT2D eigenvalue weighted by molar-refractivity contribution is 5.40. The molecule has 0 aromatic heterocycles. The van der Waals surface area contributed by atoms with Gasteiger partial charge in [-0.3, -0.25) is 4.90 Å². The SMILES string of the molecule is CCN1C[C@]2(COC)CC[C@H](O)[C@]34[C@@H]2[C@@H](OC)[C@@H]([C@@H]13)[C@@]1(O)C[C@H](OC)[C@H]2C[C@]4(O)[C@@H]1[C@H]2O. The number of ether oxygens (including phenoxy) is 3. The van der Waals surface area contributed by atoms with Crippen molar-refractivity contribution in [1.29, 1.82) is 0 Å². The summed E-state index contributed by atoms with van der Waals surface area (Å²) < 4.78 is 17.8. The Morgan fingerprint density at radius 1 is 1.03 bits per heavy atom. The lowest BCUT2D eigenvalue weighted by Gasteiger charge is -2.71. The van der Waals surface area contributed by atoms with E-state index < -0.39 is 34.7 Å². The predicted molar refractivity (Wildman–Crippen MR) is 114 cm³/mol. The highest BCUT2D eigenvalue weighted by Gasteiger charge is 2.90. The number of methoxy groups -OCH3 is 3. The third-order valence-corrected chi connectivity index (χ3v) is 11.2. The fourth-order valence-electron chi connectivity index (χ4n) is 10.7. The predicted octanol–water partition coefficient (Wildman–Crippen LogP) is -0.383. The van der Waals surface area contributed by atoms with Crippen LogP contribution in [0.2, 0.25) is 0 Å². The molecule has 8 nitrogen and oxygen atoms in total. The van der Waals surface area contributed by atoms with Gasteiger partial charge in [-0.2, -0.15) is 0 Å². The van der Waals surface area contributed by atoms with E-state index in [0.717, 1.165) is 19.5 Å². The lowest BCUT2D eigenvalue weighted by molar-refractivity contribution is -0.325. The molecule has 5 saturated carbocycles. The molecule has 0 aromatic carbocycles. The Hall–Kier alpha value is -0.320. The van der Waals surface area contributed by atoms with E-state index in [4.69, 9.17) is 14.2 Å². The molecule has 6 aliphatic rings. The van der Waals surface area contributed by atoms with E-state index in [0.29, 0.717) is 25.9 Å². The molecule has 32 heavy (non-hydrogen) atoms. The van der Waals surface area contributed by atoms with Gasteiger partial charge in [0.2, 0.25) is 0 Å². The number of piperidine rings is 1. The van der Waals surface area contributed by atoms with E-state index in [1.807, 2.05) is 0 Å². The molecule has 1 saturated heterocycles. The molecule has 182 valence electrons. The van der Waals surface area contributed by atoms with E-state index in [-0.39, 0.29) is 41.4 Å². The number of hydrogen-bond donors (Lipinski definition) is 4. The first-order valence-corrected chi connectivity index (χ1v) is 12.3. The maximum absolute atomic E-state index is 12.8. The first-order valence-electron chi connectivity index (χ1n) is 12.3. The van der Waals surface area contributed by atoms with Crippen LogP contribution in [0.15, 0.2) is 0 Å². The van der Waals surface area contributed by atoms with Crippen LogP contribution >= 0.6 is 0 Å². The Bertz CT molecular complexity index is 798. The summed E-state index contributed by atoms with van der Waals surface area (Å²) in [5.41, 5.74) is -3.93. The van der Waals surface area contributed by atoms with Crippen molar-refractivity contribution in [3.63, 3.8) is 0 Å². The molecular formula is C24H39NO7. The Balaban J connectivity index is 1.67. The number of likely N-dealkylation sites (tertiary alicyclic amines) is 1. The Morgan fingerprint density at radius 3 is 2.41 bits per heavy atom. The van der Waals surface area contributed by atoms with Crippen molar-refractivity contribution in [3.8, 4) is 0 Å². The lowest BCUT2D eigenvalue weighted by Crippen LogP contribution is -2.82. The smallest absolute Gasteiger partial charge is 0.0832 e. The molecule has 13 atom stereocenters. The van der Waals surface area contributed by atoms with Crippen molar-refractivity contribution >= 4 is 0 Å². The largest absolute Gasteiger partial charge is 0.392 e. The average molecular weight is 454 g/mol. The van der Waals surface area contributed by atoms with Crippen LogP contribution in [0.4, 0.5) is 0 Å². The van der Waals surface area contributed by atoms with Gasteiger partial charge < -0.3 is 34.6 Å². The second-order valence-electron chi connectivity index (χ2n) is 11.7. The monoisotopic (exact) mass is 453 g/mol. The van der Waals surface area contributed by atoms with Gasteiger partial charge >= 0.3 is 0 Å². The van der Waals surface area contributed by atoms with Crippen molar-refractivity contribution in [3.05, 3.63) is 0 Å². The van der Waals surface area contributed by atoms with Crippen LogP contribution in [-0.4, -0.2) is 108 Å². The number of aliphatic hydroxyl groups is 4. The summed E-state index contributed by atoms with van der Waals surface area (Å²) in [6, 6.07) is -0.226. The summed E-state index contributed by atoms with van der Waals surface area (Å²) in [6.45, 7) is 4.18. The summed E-state index contributed by atoms with van der Waals surface area (Å²) in [5.74, 6) is -1.47. The summed E-state index contributed by atoms with van der Waals surface area (Å²) in [7, 11) is 5.02. The number of aliphatic hydroxyl groups excluding tert-OH is 2. The number of fused-ring (bicyclic) bond motifs is 2. The second kappa shape index (κ2) is 6.66. The lowest BCUT2D eigenvalue weighted by atomic mass is 9.41. The maximum Gasteiger partial charge on any atom is 0.0832 e. The summed E-state index contributed by atoms with van der Waals surface area (Å²) >= 11 is 0. The van der Waals surface area contributed by atoms with Gasteiger partial charge in [-0.05, 0) is 25.8 Å². The van der Waals surface area contributed by atoms with Gasteiger partial charge in [-0.25, -0.2) is 0 Å². The molecule has 6 rings (SSSR count). The van der Waals surface area contributed by atoms with Crippen LogP contribution in [0.25, 0.3) is 0 Å². The van der Waals surface area contributed by atoms with Gasteiger partial charge in [-0.15, -0.1) is 0 Å². The summed E-state index contributed by atoms with van der Waals surface area (Å²) in [5, 5.41) is 48.5. The molecule has 0 aromatic rings. The Morgan fingerprint density at radius 2 is 1.78 bits per heavy atom. The molecular weight excluding hydrogens is 414 g/mol. The van der Waals surface area contributed by atoms with Gasteiger partial charge in [0.15, 0.2) is 0 Å². The number of nitrogens with zero attached hydrogens (tertiary/aromatic N) is 1. The number of hydrogen-bond acceptors (Lipinski definition) is 8. The van der Waals surface area contributed by atoms with Gasteiger partial charge in [0, 0.05) is 74.8 Å². The van der Waals surface area contributed by atoms with Gasteiger partial charge in [0.25, 0.3) is 0 Å². The maximum atomic E-state index is 12.8. The van der Waals surface area contributed by atoms with E-state index in [1.165, 1.54) is 0 Å². The molecule has 1 aliphatic heterocycles. The van der Waals surface area contributed by atoms with Crippen LogP contribution in [0.3, 0.4) is 0 Å². The Labute approximate surface area is 189 Å². The zero-order valence-electron chi connectivity index (χ0n) is 19.6. The van der Waals surface area contributed by atoms with Crippen molar-refractivity contribution in [2.75, 3.05) is 41.0 Å². The molecule has 4 N–H and O–H groups in total. The first-order chi connectivity index (χ1) is 15.2. The zero-order chi connectivity index (χ0) is 22.8. The van der Waals surface area contributed by atoms with Crippen molar-refractivity contribution < 1.29 is 34.6 Å². The van der Waals surface area contributed by atoms with E-state index in [2.05, 4.69) is 11.8 Å². The number of rotatable bonds is 5. The quantitative estimate of drug-likeness (QED) is 0.446. The molecule has 7 bridgehead atoms. The molecule has 0 amide bonds. The molecule has 1 spiro atoms. The third-order valence-electron chi connectivity index (χ3n) is 11.2. The van der Waals surface area contributed by atoms with Gasteiger partial charge in [-0.1, -0.05) is 6.92 Å². The first kappa shape index (κ1) is 22.2. The van der Waals surface area contributed by atoms with Crippen LogP contribution in [-0.2, 0) is 14.2 Å². The normalized spacial score (nSPS) is 62.4. The fourth-order valence-corrected chi connectivity index (χ4v) is 10.7. The minimum Gasteiger partial charge on any atom is -0.392 e. The molecule has 0 radical (unpaired) electrons.